The maximum absolute atomic E-state index is 11.7. The SMILES string of the molecule is CCCOc1ccc(-c2nn(-c3ccccc3)cc2C=NC2CCS(=O)(=O)C2)cc1. The van der Waals surface area contributed by atoms with E-state index in [0.717, 1.165) is 34.7 Å². The van der Waals surface area contributed by atoms with Crippen molar-refractivity contribution < 1.29 is 13.2 Å². The predicted molar refractivity (Wildman–Crippen MR) is 119 cm³/mol. The van der Waals surface area contributed by atoms with Crippen molar-refractivity contribution in [1.82, 2.24) is 9.78 Å². The van der Waals surface area contributed by atoms with E-state index >= 15 is 0 Å². The summed E-state index contributed by atoms with van der Waals surface area (Å²) in [6, 6.07) is 17.5. The zero-order chi connectivity index (χ0) is 21.0. The van der Waals surface area contributed by atoms with Crippen LogP contribution in [0.5, 0.6) is 5.75 Å². The number of hydrogen-bond acceptors (Lipinski definition) is 5. The second-order valence-electron chi connectivity index (χ2n) is 7.42. The maximum Gasteiger partial charge on any atom is 0.152 e. The average Bonchev–Trinajstić information content (AvgIpc) is 3.34. The molecule has 2 heterocycles. The lowest BCUT2D eigenvalue weighted by Gasteiger charge is -2.05. The monoisotopic (exact) mass is 423 g/mol. The van der Waals surface area contributed by atoms with Gasteiger partial charge >= 0.3 is 0 Å². The highest BCUT2D eigenvalue weighted by atomic mass is 32.2. The van der Waals surface area contributed by atoms with Gasteiger partial charge in [-0.1, -0.05) is 25.1 Å². The Kier molecular flexibility index (Phi) is 5.99. The van der Waals surface area contributed by atoms with Crippen molar-refractivity contribution in [2.75, 3.05) is 18.1 Å². The Morgan fingerprint density at radius 1 is 1.17 bits per heavy atom. The molecular formula is C23H25N3O3S. The molecule has 1 fully saturated rings. The molecule has 0 radical (unpaired) electrons. The van der Waals surface area contributed by atoms with Crippen LogP contribution in [-0.2, 0) is 9.84 Å². The highest BCUT2D eigenvalue weighted by Gasteiger charge is 2.27. The minimum Gasteiger partial charge on any atom is -0.494 e. The van der Waals surface area contributed by atoms with Gasteiger partial charge in [-0.3, -0.25) is 4.99 Å². The van der Waals surface area contributed by atoms with Crippen LogP contribution in [-0.4, -0.2) is 48.6 Å². The molecule has 0 amide bonds. The number of rotatable bonds is 7. The topological polar surface area (TPSA) is 73.5 Å². The predicted octanol–water partition coefficient (Wildman–Crippen LogP) is 3.93. The van der Waals surface area contributed by atoms with Gasteiger partial charge in [0.1, 0.15) is 11.4 Å². The molecule has 1 aliphatic heterocycles. The van der Waals surface area contributed by atoms with Crippen LogP contribution in [0.15, 0.2) is 65.8 Å². The number of aromatic nitrogens is 2. The van der Waals surface area contributed by atoms with Gasteiger partial charge in [0.05, 0.1) is 29.8 Å². The molecule has 30 heavy (non-hydrogen) atoms. The summed E-state index contributed by atoms with van der Waals surface area (Å²) >= 11 is 0. The van der Waals surface area contributed by atoms with Gasteiger partial charge in [-0.2, -0.15) is 5.10 Å². The minimum absolute atomic E-state index is 0.120. The Labute approximate surface area is 177 Å². The molecule has 156 valence electrons. The van der Waals surface area contributed by atoms with Gasteiger partial charge in [0.15, 0.2) is 9.84 Å². The molecular weight excluding hydrogens is 398 g/mol. The Morgan fingerprint density at radius 3 is 2.60 bits per heavy atom. The summed E-state index contributed by atoms with van der Waals surface area (Å²) in [6.45, 7) is 2.76. The standard InChI is InChI=1S/C23H25N3O3S/c1-2-13-29-22-10-8-18(9-11-22)23-19(15-24-20-12-14-30(27,28)17-20)16-26(25-23)21-6-4-3-5-7-21/h3-11,15-16,20H,2,12-14,17H2,1H3. The molecule has 0 bridgehead atoms. The third-order valence-corrected chi connectivity index (χ3v) is 6.75. The fraction of sp³-hybridized carbons (Fsp3) is 0.304. The zero-order valence-corrected chi connectivity index (χ0v) is 17.8. The van der Waals surface area contributed by atoms with Crippen molar-refractivity contribution in [1.29, 1.82) is 0 Å². The molecule has 0 spiro atoms. The fourth-order valence-electron chi connectivity index (χ4n) is 3.43. The lowest BCUT2D eigenvalue weighted by atomic mass is 10.1. The zero-order valence-electron chi connectivity index (χ0n) is 16.9. The van der Waals surface area contributed by atoms with Crippen LogP contribution in [0.25, 0.3) is 16.9 Å². The maximum atomic E-state index is 11.7. The molecule has 7 heteroatoms. The van der Waals surface area contributed by atoms with Crippen LogP contribution >= 0.6 is 0 Å². The summed E-state index contributed by atoms with van der Waals surface area (Å²) < 4.78 is 31.0. The molecule has 1 aliphatic rings. The van der Waals surface area contributed by atoms with Gasteiger partial charge < -0.3 is 4.74 Å². The minimum atomic E-state index is -2.96. The number of ether oxygens (including phenoxy) is 1. The fourth-order valence-corrected chi connectivity index (χ4v) is 5.06. The van der Waals surface area contributed by atoms with Gasteiger partial charge in [0.25, 0.3) is 0 Å². The van der Waals surface area contributed by atoms with Crippen LogP contribution in [0.1, 0.15) is 25.3 Å². The summed E-state index contributed by atoms with van der Waals surface area (Å²) in [4.78, 5) is 4.56. The van der Waals surface area contributed by atoms with Crippen LogP contribution in [0.2, 0.25) is 0 Å². The van der Waals surface area contributed by atoms with Crippen molar-refractivity contribution in [3.63, 3.8) is 0 Å². The summed E-state index contributed by atoms with van der Waals surface area (Å²) in [5, 5.41) is 4.78. The summed E-state index contributed by atoms with van der Waals surface area (Å²) in [5.41, 5.74) is 3.55. The van der Waals surface area contributed by atoms with E-state index in [1.807, 2.05) is 65.5 Å². The van der Waals surface area contributed by atoms with E-state index in [-0.39, 0.29) is 17.5 Å². The van der Waals surface area contributed by atoms with Crippen LogP contribution in [0.3, 0.4) is 0 Å². The van der Waals surface area contributed by atoms with Crippen molar-refractivity contribution in [2.45, 2.75) is 25.8 Å². The number of para-hydroxylation sites is 1. The molecule has 3 aromatic rings. The van der Waals surface area contributed by atoms with Crippen molar-refractivity contribution in [2.24, 2.45) is 4.99 Å². The Bertz CT molecular complexity index is 1120. The van der Waals surface area contributed by atoms with E-state index in [4.69, 9.17) is 9.84 Å². The molecule has 1 saturated heterocycles. The highest BCUT2D eigenvalue weighted by molar-refractivity contribution is 7.91. The van der Waals surface area contributed by atoms with Gasteiger partial charge in [-0.15, -0.1) is 0 Å². The van der Waals surface area contributed by atoms with Crippen LogP contribution in [0.4, 0.5) is 0 Å². The lowest BCUT2D eigenvalue weighted by Crippen LogP contribution is -2.07. The Balaban J connectivity index is 1.66. The number of aliphatic imine (C=N–C) groups is 1. The largest absolute Gasteiger partial charge is 0.494 e. The van der Waals surface area contributed by atoms with Gasteiger partial charge in [0.2, 0.25) is 0 Å². The Hall–Kier alpha value is -2.93. The second kappa shape index (κ2) is 8.83. The molecule has 0 aliphatic carbocycles. The number of nitrogens with zero attached hydrogens (tertiary/aromatic N) is 3. The van der Waals surface area contributed by atoms with Gasteiger partial charge in [0, 0.05) is 23.5 Å². The molecule has 6 nitrogen and oxygen atoms in total. The summed E-state index contributed by atoms with van der Waals surface area (Å²) in [5.74, 6) is 1.16. The van der Waals surface area contributed by atoms with E-state index in [1.54, 1.807) is 6.21 Å². The first-order valence-electron chi connectivity index (χ1n) is 10.2. The van der Waals surface area contributed by atoms with Crippen molar-refractivity contribution in [3.05, 3.63) is 66.4 Å². The lowest BCUT2D eigenvalue weighted by molar-refractivity contribution is 0.317. The molecule has 4 rings (SSSR count). The third kappa shape index (κ3) is 4.79. The molecule has 0 saturated carbocycles. The van der Waals surface area contributed by atoms with E-state index in [9.17, 15) is 8.42 Å². The first kappa shape index (κ1) is 20.3. The number of sulfone groups is 1. The Morgan fingerprint density at radius 2 is 1.93 bits per heavy atom. The molecule has 1 atom stereocenters. The third-order valence-electron chi connectivity index (χ3n) is 5.00. The first-order valence-corrected chi connectivity index (χ1v) is 12.0. The number of hydrogen-bond donors (Lipinski definition) is 0. The molecule has 2 aromatic carbocycles. The normalized spacial score (nSPS) is 18.1. The van der Waals surface area contributed by atoms with Gasteiger partial charge in [-0.05, 0) is 49.2 Å². The van der Waals surface area contributed by atoms with E-state index in [2.05, 4.69) is 11.9 Å². The van der Waals surface area contributed by atoms with Crippen LogP contribution in [0, 0.1) is 0 Å². The van der Waals surface area contributed by atoms with E-state index < -0.39 is 9.84 Å². The van der Waals surface area contributed by atoms with Crippen molar-refractivity contribution in [3.8, 4) is 22.7 Å². The van der Waals surface area contributed by atoms with Crippen molar-refractivity contribution >= 4 is 16.1 Å². The van der Waals surface area contributed by atoms with Gasteiger partial charge in [-0.25, -0.2) is 13.1 Å². The quantitative estimate of drug-likeness (QED) is 0.540. The van der Waals surface area contributed by atoms with E-state index in [0.29, 0.717) is 13.0 Å². The van der Waals surface area contributed by atoms with Crippen LogP contribution < -0.4 is 4.74 Å². The molecule has 0 N–H and O–H groups in total. The molecule has 1 unspecified atom stereocenters. The molecule has 1 aromatic heterocycles. The smallest absolute Gasteiger partial charge is 0.152 e. The summed E-state index contributed by atoms with van der Waals surface area (Å²) in [6.07, 6.45) is 5.22. The second-order valence-corrected chi connectivity index (χ2v) is 9.65. The number of benzene rings is 2. The highest BCUT2D eigenvalue weighted by Crippen LogP contribution is 2.25. The first-order chi connectivity index (χ1) is 14.5. The van der Waals surface area contributed by atoms with E-state index in [1.165, 1.54) is 0 Å². The summed E-state index contributed by atoms with van der Waals surface area (Å²) in [7, 11) is -2.96. The average molecular weight is 424 g/mol.